The van der Waals surface area contributed by atoms with E-state index >= 15 is 0 Å². The number of nitrogens with zero attached hydrogens (tertiary/aromatic N) is 1. The normalized spacial score (nSPS) is 21.3. The first kappa shape index (κ1) is 14.2. The quantitative estimate of drug-likeness (QED) is 0.894. The maximum absolute atomic E-state index is 13.3. The maximum Gasteiger partial charge on any atom is 0.243 e. The molecule has 1 fully saturated rings. The van der Waals surface area contributed by atoms with Crippen LogP contribution in [0, 0.1) is 5.82 Å². The minimum Gasteiger partial charge on any atom is -0.494 e. The Labute approximate surface area is 112 Å². The SMILES string of the molecule is COc1cc(S(=O)(=O)N2CCNCC2C)ccc1F. The molecule has 0 amide bonds. The Kier molecular flexibility index (Phi) is 4.07. The molecule has 1 unspecified atom stereocenters. The zero-order valence-electron chi connectivity index (χ0n) is 10.9. The lowest BCUT2D eigenvalue weighted by Gasteiger charge is -2.32. The van der Waals surface area contributed by atoms with Crippen molar-refractivity contribution in [2.45, 2.75) is 17.9 Å². The number of ether oxygens (including phenoxy) is 1. The highest BCUT2D eigenvalue weighted by Gasteiger charge is 2.31. The van der Waals surface area contributed by atoms with Crippen molar-refractivity contribution in [3.05, 3.63) is 24.0 Å². The molecular weight excluding hydrogens is 271 g/mol. The molecule has 0 spiro atoms. The predicted octanol–water partition coefficient (Wildman–Crippen LogP) is 0.817. The first-order valence-electron chi connectivity index (χ1n) is 6.03. The minimum atomic E-state index is -3.61. The Morgan fingerprint density at radius 3 is 2.84 bits per heavy atom. The van der Waals surface area contributed by atoms with Gasteiger partial charge in [0.25, 0.3) is 0 Å². The van der Waals surface area contributed by atoms with E-state index in [0.29, 0.717) is 19.6 Å². The van der Waals surface area contributed by atoms with E-state index in [2.05, 4.69) is 5.32 Å². The van der Waals surface area contributed by atoms with Gasteiger partial charge >= 0.3 is 0 Å². The van der Waals surface area contributed by atoms with Gasteiger partial charge in [-0.15, -0.1) is 0 Å². The molecule has 0 saturated carbocycles. The summed E-state index contributed by atoms with van der Waals surface area (Å²) in [7, 11) is -2.31. The van der Waals surface area contributed by atoms with Crippen LogP contribution in [0.5, 0.6) is 5.75 Å². The molecule has 0 aromatic heterocycles. The molecular formula is C12H17FN2O3S. The summed E-state index contributed by atoms with van der Waals surface area (Å²) in [5, 5.41) is 3.13. The number of nitrogens with one attached hydrogen (secondary N) is 1. The lowest BCUT2D eigenvalue weighted by atomic mass is 10.3. The maximum atomic E-state index is 13.3. The largest absolute Gasteiger partial charge is 0.494 e. The molecule has 1 aromatic carbocycles. The van der Waals surface area contributed by atoms with Crippen molar-refractivity contribution in [3.63, 3.8) is 0 Å². The molecule has 7 heteroatoms. The van der Waals surface area contributed by atoms with E-state index in [-0.39, 0.29) is 16.7 Å². The lowest BCUT2D eigenvalue weighted by Crippen LogP contribution is -2.52. The summed E-state index contributed by atoms with van der Waals surface area (Å²) in [4.78, 5) is 0.0551. The van der Waals surface area contributed by atoms with Gasteiger partial charge in [-0.25, -0.2) is 12.8 Å². The first-order valence-corrected chi connectivity index (χ1v) is 7.47. The number of hydrogen-bond acceptors (Lipinski definition) is 4. The number of rotatable bonds is 3. The number of benzene rings is 1. The zero-order chi connectivity index (χ0) is 14.0. The van der Waals surface area contributed by atoms with Gasteiger partial charge in [0.15, 0.2) is 11.6 Å². The molecule has 0 aliphatic carbocycles. The molecule has 5 nitrogen and oxygen atoms in total. The molecule has 1 aliphatic rings. The highest BCUT2D eigenvalue weighted by molar-refractivity contribution is 7.89. The summed E-state index contributed by atoms with van der Waals surface area (Å²) >= 11 is 0. The number of hydrogen-bond donors (Lipinski definition) is 1. The van der Waals surface area contributed by atoms with Crippen LogP contribution in [0.15, 0.2) is 23.1 Å². The van der Waals surface area contributed by atoms with Gasteiger partial charge < -0.3 is 10.1 Å². The van der Waals surface area contributed by atoms with E-state index < -0.39 is 15.8 Å². The van der Waals surface area contributed by atoms with Gasteiger partial charge in [0, 0.05) is 31.7 Å². The zero-order valence-corrected chi connectivity index (χ0v) is 11.7. The van der Waals surface area contributed by atoms with E-state index in [1.165, 1.54) is 23.5 Å². The molecule has 0 bridgehead atoms. The second-order valence-corrected chi connectivity index (χ2v) is 6.36. The molecule has 1 saturated heterocycles. The van der Waals surface area contributed by atoms with Gasteiger partial charge in [0.05, 0.1) is 12.0 Å². The van der Waals surface area contributed by atoms with E-state index in [1.807, 2.05) is 6.92 Å². The summed E-state index contributed by atoms with van der Waals surface area (Å²) in [5.74, 6) is -0.640. The van der Waals surface area contributed by atoms with Gasteiger partial charge in [-0.1, -0.05) is 0 Å². The van der Waals surface area contributed by atoms with Gasteiger partial charge in [-0.05, 0) is 19.1 Å². The van der Waals surface area contributed by atoms with Crippen molar-refractivity contribution in [2.75, 3.05) is 26.7 Å². The van der Waals surface area contributed by atoms with Gasteiger partial charge in [0.2, 0.25) is 10.0 Å². The van der Waals surface area contributed by atoms with Crippen LogP contribution in [0.2, 0.25) is 0 Å². The molecule has 0 radical (unpaired) electrons. The summed E-state index contributed by atoms with van der Waals surface area (Å²) in [6, 6.07) is 3.47. The fourth-order valence-electron chi connectivity index (χ4n) is 2.12. The monoisotopic (exact) mass is 288 g/mol. The van der Waals surface area contributed by atoms with Crippen LogP contribution < -0.4 is 10.1 Å². The van der Waals surface area contributed by atoms with E-state index in [0.717, 1.165) is 6.07 Å². The highest BCUT2D eigenvalue weighted by Crippen LogP contribution is 2.25. The van der Waals surface area contributed by atoms with Crippen molar-refractivity contribution in [2.24, 2.45) is 0 Å². The smallest absolute Gasteiger partial charge is 0.243 e. The fourth-order valence-corrected chi connectivity index (χ4v) is 3.76. The Morgan fingerprint density at radius 1 is 1.47 bits per heavy atom. The summed E-state index contributed by atoms with van der Waals surface area (Å²) in [5.41, 5.74) is 0. The highest BCUT2D eigenvalue weighted by atomic mass is 32.2. The van der Waals surface area contributed by atoms with Crippen molar-refractivity contribution >= 4 is 10.0 Å². The van der Waals surface area contributed by atoms with Crippen LogP contribution >= 0.6 is 0 Å². The molecule has 1 aliphatic heterocycles. The van der Waals surface area contributed by atoms with Crippen molar-refractivity contribution in [3.8, 4) is 5.75 Å². The minimum absolute atomic E-state index is 0.0551. The van der Waals surface area contributed by atoms with E-state index in [9.17, 15) is 12.8 Å². The van der Waals surface area contributed by atoms with Gasteiger partial charge in [-0.3, -0.25) is 0 Å². The number of methoxy groups -OCH3 is 1. The predicted molar refractivity (Wildman–Crippen MR) is 69.2 cm³/mol. The van der Waals surface area contributed by atoms with Crippen LogP contribution in [0.1, 0.15) is 6.92 Å². The molecule has 1 heterocycles. The Bertz CT molecular complexity index is 562. The molecule has 1 atom stereocenters. The van der Waals surface area contributed by atoms with Crippen LogP contribution in [-0.4, -0.2) is 45.5 Å². The standard InChI is InChI=1S/C12H17FN2O3S/c1-9-8-14-5-6-15(9)19(16,17)10-3-4-11(13)12(7-10)18-2/h3-4,7,9,14H,5-6,8H2,1-2H3. The molecule has 1 aromatic rings. The van der Waals surface area contributed by atoms with E-state index in [4.69, 9.17) is 4.74 Å². The lowest BCUT2D eigenvalue weighted by molar-refractivity contribution is 0.283. The van der Waals surface area contributed by atoms with Crippen LogP contribution in [0.3, 0.4) is 0 Å². The summed E-state index contributed by atoms with van der Waals surface area (Å²) < 4.78 is 44.6. The third-order valence-corrected chi connectivity index (χ3v) is 5.18. The third kappa shape index (κ3) is 2.72. The van der Waals surface area contributed by atoms with Crippen LogP contribution in [-0.2, 0) is 10.0 Å². The van der Waals surface area contributed by atoms with Crippen LogP contribution in [0.4, 0.5) is 4.39 Å². The van der Waals surface area contributed by atoms with Crippen molar-refractivity contribution in [1.82, 2.24) is 9.62 Å². The van der Waals surface area contributed by atoms with E-state index in [1.54, 1.807) is 0 Å². The molecule has 1 N–H and O–H groups in total. The topological polar surface area (TPSA) is 58.6 Å². The number of piperazine rings is 1. The third-order valence-electron chi connectivity index (χ3n) is 3.17. The van der Waals surface area contributed by atoms with Crippen molar-refractivity contribution in [1.29, 1.82) is 0 Å². The second kappa shape index (κ2) is 5.44. The Hall–Kier alpha value is -1.18. The number of halogens is 1. The number of sulfonamides is 1. The fraction of sp³-hybridized carbons (Fsp3) is 0.500. The molecule has 2 rings (SSSR count). The first-order chi connectivity index (χ1) is 8.96. The second-order valence-electron chi connectivity index (χ2n) is 4.47. The molecule has 106 valence electrons. The Morgan fingerprint density at radius 2 is 2.21 bits per heavy atom. The van der Waals surface area contributed by atoms with Crippen molar-refractivity contribution < 1.29 is 17.5 Å². The van der Waals surface area contributed by atoms with Gasteiger partial charge in [-0.2, -0.15) is 4.31 Å². The molecule has 19 heavy (non-hydrogen) atoms. The average molecular weight is 288 g/mol. The summed E-state index contributed by atoms with van der Waals surface area (Å²) in [6.07, 6.45) is 0. The van der Waals surface area contributed by atoms with Gasteiger partial charge in [0.1, 0.15) is 0 Å². The van der Waals surface area contributed by atoms with Crippen LogP contribution in [0.25, 0.3) is 0 Å². The Balaban J connectivity index is 2.38. The average Bonchev–Trinajstić information content (AvgIpc) is 2.39. The summed E-state index contributed by atoms with van der Waals surface area (Å²) in [6.45, 7) is 3.47.